The number of benzene rings is 3. The van der Waals surface area contributed by atoms with Crippen LogP contribution < -0.4 is 9.47 Å². The van der Waals surface area contributed by atoms with E-state index in [0.29, 0.717) is 34.8 Å². The minimum Gasteiger partial charge on any atom is -0.489 e. The van der Waals surface area contributed by atoms with Gasteiger partial charge in [0.05, 0.1) is 23.0 Å². The average Bonchev–Trinajstić information content (AvgIpc) is 3.34. The van der Waals surface area contributed by atoms with Gasteiger partial charge in [-0.1, -0.05) is 30.3 Å². The molecule has 2 heterocycles. The fraction of sp³-hybridized carbons (Fsp3) is 0.111. The Morgan fingerprint density at radius 3 is 2.54 bits per heavy atom. The lowest BCUT2D eigenvalue weighted by molar-refractivity contribution is -0.137. The van der Waals surface area contributed by atoms with E-state index in [9.17, 15) is 18.0 Å². The summed E-state index contributed by atoms with van der Waals surface area (Å²) >= 11 is 0. The highest BCUT2D eigenvalue weighted by Crippen LogP contribution is 2.33. The highest BCUT2D eigenvalue weighted by molar-refractivity contribution is 6.14. The van der Waals surface area contributed by atoms with Gasteiger partial charge in [-0.3, -0.25) is 4.79 Å². The van der Waals surface area contributed by atoms with Crippen molar-refractivity contribution in [2.24, 2.45) is 0 Å². The minimum absolute atomic E-state index is 0.0140. The third-order valence-corrected chi connectivity index (χ3v) is 5.51. The van der Waals surface area contributed by atoms with Crippen molar-refractivity contribution in [2.75, 3.05) is 6.61 Å². The van der Waals surface area contributed by atoms with Crippen molar-refractivity contribution in [1.82, 2.24) is 9.78 Å². The minimum atomic E-state index is -4.41. The highest BCUT2D eigenvalue weighted by Gasteiger charge is 2.30. The number of Topliss-reactive ketones (excluding diaryl/α,β-unsaturated/α-hetero) is 1. The summed E-state index contributed by atoms with van der Waals surface area (Å²) in [4.78, 5) is 12.9. The zero-order chi connectivity index (χ0) is 24.4. The lowest BCUT2D eigenvalue weighted by Crippen LogP contribution is -2.19. The topological polar surface area (TPSA) is 53.4 Å². The maximum Gasteiger partial charge on any atom is 0.416 e. The third kappa shape index (κ3) is 4.96. The van der Waals surface area contributed by atoms with Crippen LogP contribution in [0.15, 0.2) is 90.8 Å². The van der Waals surface area contributed by atoms with Gasteiger partial charge in [0, 0.05) is 23.4 Å². The first-order valence-corrected chi connectivity index (χ1v) is 10.8. The number of halogens is 3. The molecule has 1 aliphatic heterocycles. The maximum atomic E-state index is 12.9. The summed E-state index contributed by atoms with van der Waals surface area (Å²) in [6.07, 6.45) is 0.743. The number of aromatic nitrogens is 2. The molecule has 0 bridgehead atoms. The molecule has 0 fully saturated rings. The molecule has 0 atom stereocenters. The smallest absolute Gasteiger partial charge is 0.416 e. The Labute approximate surface area is 199 Å². The highest BCUT2D eigenvalue weighted by atomic mass is 19.4. The quantitative estimate of drug-likeness (QED) is 0.325. The van der Waals surface area contributed by atoms with E-state index in [0.717, 1.165) is 23.4 Å². The number of carbonyl (C=O) groups is 1. The van der Waals surface area contributed by atoms with Gasteiger partial charge in [-0.15, -0.1) is 0 Å². The van der Waals surface area contributed by atoms with Crippen molar-refractivity contribution < 1.29 is 27.4 Å². The van der Waals surface area contributed by atoms with Crippen LogP contribution in [0.3, 0.4) is 0 Å². The van der Waals surface area contributed by atoms with Gasteiger partial charge in [0.2, 0.25) is 0 Å². The molecule has 0 saturated heterocycles. The first-order valence-electron chi connectivity index (χ1n) is 10.8. The maximum absolute atomic E-state index is 12.9. The molecule has 4 aromatic rings. The van der Waals surface area contributed by atoms with Gasteiger partial charge in [-0.25, -0.2) is 4.68 Å². The molecule has 5 rings (SSSR count). The first-order chi connectivity index (χ1) is 16.9. The number of para-hydroxylation sites is 1. The van der Waals surface area contributed by atoms with E-state index in [2.05, 4.69) is 5.10 Å². The number of ether oxygens (including phenoxy) is 2. The molecule has 0 radical (unpaired) electrons. The average molecular weight is 476 g/mol. The van der Waals surface area contributed by atoms with E-state index in [1.165, 1.54) is 12.1 Å². The Morgan fingerprint density at radius 2 is 1.80 bits per heavy atom. The summed E-state index contributed by atoms with van der Waals surface area (Å²) in [6, 6.07) is 19.3. The molecule has 5 nitrogen and oxygen atoms in total. The van der Waals surface area contributed by atoms with Gasteiger partial charge in [-0.2, -0.15) is 18.3 Å². The van der Waals surface area contributed by atoms with Crippen LogP contribution in [-0.2, 0) is 12.8 Å². The summed E-state index contributed by atoms with van der Waals surface area (Å²) in [5.74, 6) is 0.707. The van der Waals surface area contributed by atoms with Crippen molar-refractivity contribution in [3.63, 3.8) is 0 Å². The van der Waals surface area contributed by atoms with Crippen molar-refractivity contribution >= 4 is 11.9 Å². The summed E-state index contributed by atoms with van der Waals surface area (Å²) in [5.41, 5.74) is 2.31. The molecule has 0 aliphatic carbocycles. The molecule has 0 saturated carbocycles. The number of hydrogen-bond acceptors (Lipinski definition) is 4. The van der Waals surface area contributed by atoms with E-state index in [1.54, 1.807) is 35.2 Å². The summed E-state index contributed by atoms with van der Waals surface area (Å²) in [7, 11) is 0. The van der Waals surface area contributed by atoms with E-state index >= 15 is 0 Å². The van der Waals surface area contributed by atoms with Crippen LogP contribution in [0.1, 0.15) is 27.0 Å². The molecule has 8 heteroatoms. The van der Waals surface area contributed by atoms with E-state index in [4.69, 9.17) is 9.47 Å². The molecule has 1 aliphatic rings. The molecule has 3 aromatic carbocycles. The lowest BCUT2D eigenvalue weighted by atomic mass is 9.98. The predicted octanol–water partition coefficient (Wildman–Crippen LogP) is 6.13. The van der Waals surface area contributed by atoms with Crippen LogP contribution in [0, 0.1) is 0 Å². The number of nitrogens with zero attached hydrogens (tertiary/aromatic N) is 2. The molecule has 0 unspecified atom stereocenters. The number of fused-ring (bicyclic) bond motifs is 1. The molecule has 0 amide bonds. The summed E-state index contributed by atoms with van der Waals surface area (Å²) < 4.78 is 51.6. The number of carbonyl (C=O) groups excluding carboxylic acids is 1. The van der Waals surface area contributed by atoms with Gasteiger partial charge in [-0.05, 0) is 48.0 Å². The van der Waals surface area contributed by atoms with Gasteiger partial charge in [0.1, 0.15) is 24.7 Å². The van der Waals surface area contributed by atoms with E-state index in [-0.39, 0.29) is 12.4 Å². The fourth-order valence-electron chi connectivity index (χ4n) is 3.69. The summed E-state index contributed by atoms with van der Waals surface area (Å²) in [6.45, 7) is 0.304. The van der Waals surface area contributed by atoms with E-state index < -0.39 is 11.7 Å². The Morgan fingerprint density at radius 1 is 1.03 bits per heavy atom. The number of ketones is 1. The molecular formula is C27H19F3N2O3. The molecule has 0 N–H and O–H groups in total. The normalized spacial score (nSPS) is 14.5. The van der Waals surface area contributed by atoms with Gasteiger partial charge in [0.25, 0.3) is 0 Å². The van der Waals surface area contributed by atoms with Crippen molar-refractivity contribution in [2.45, 2.75) is 12.8 Å². The second-order valence-electron chi connectivity index (χ2n) is 7.98. The Kier molecular flexibility index (Phi) is 5.86. The molecule has 176 valence electrons. The van der Waals surface area contributed by atoms with Gasteiger partial charge < -0.3 is 9.47 Å². The summed E-state index contributed by atoms with van der Waals surface area (Å²) in [5, 5.41) is 4.34. The van der Waals surface area contributed by atoms with Gasteiger partial charge in [0.15, 0.2) is 5.78 Å². The molecule has 0 spiro atoms. The third-order valence-electron chi connectivity index (χ3n) is 5.51. The zero-order valence-electron chi connectivity index (χ0n) is 18.3. The zero-order valence-corrected chi connectivity index (χ0v) is 18.3. The van der Waals surface area contributed by atoms with E-state index in [1.807, 2.05) is 36.5 Å². The van der Waals surface area contributed by atoms with Crippen LogP contribution in [-0.4, -0.2) is 22.2 Å². The first kappa shape index (κ1) is 22.5. The predicted molar refractivity (Wildman–Crippen MR) is 124 cm³/mol. The van der Waals surface area contributed by atoms with Crippen molar-refractivity contribution in [3.8, 4) is 17.2 Å². The largest absolute Gasteiger partial charge is 0.489 e. The molecule has 35 heavy (non-hydrogen) atoms. The molecule has 1 aromatic heterocycles. The van der Waals surface area contributed by atoms with Crippen molar-refractivity contribution in [3.05, 3.63) is 113 Å². The fourth-order valence-corrected chi connectivity index (χ4v) is 3.69. The van der Waals surface area contributed by atoms with Crippen LogP contribution in [0.4, 0.5) is 13.2 Å². The SMILES string of the molecule is O=C1/C(=C\c2ccc(C(F)(F)F)cc2)COc2cc(OCc3cnn(-c4ccccc4)c3)ccc21. The van der Waals surface area contributed by atoms with Crippen LogP contribution in [0.5, 0.6) is 11.5 Å². The second-order valence-corrected chi connectivity index (χ2v) is 7.98. The monoisotopic (exact) mass is 476 g/mol. The lowest BCUT2D eigenvalue weighted by Gasteiger charge is -2.20. The molecular weight excluding hydrogens is 457 g/mol. The number of alkyl halides is 3. The van der Waals surface area contributed by atoms with Crippen LogP contribution in [0.25, 0.3) is 11.8 Å². The van der Waals surface area contributed by atoms with Crippen molar-refractivity contribution in [1.29, 1.82) is 0 Å². The van der Waals surface area contributed by atoms with Gasteiger partial charge >= 0.3 is 6.18 Å². The standard InChI is InChI=1S/C27H19F3N2O3/c28-27(29,30)21-8-6-18(7-9-21)12-20-17-35-25-13-23(10-11-24(25)26(20)33)34-16-19-14-31-32(15-19)22-4-2-1-3-5-22/h1-15H,16-17H2/b20-12-. The second kappa shape index (κ2) is 9.13. The van der Waals surface area contributed by atoms with Crippen LogP contribution in [0.2, 0.25) is 0 Å². The number of hydrogen-bond donors (Lipinski definition) is 0. The number of rotatable bonds is 5. The Hall–Kier alpha value is -4.33. The Bertz CT molecular complexity index is 1390. The van der Waals surface area contributed by atoms with Crippen LogP contribution >= 0.6 is 0 Å². The Balaban J connectivity index is 1.26.